The van der Waals surface area contributed by atoms with Crippen molar-refractivity contribution in [2.45, 2.75) is 38.6 Å². The largest absolute Gasteiger partial charge is 0.339 e. The summed E-state index contributed by atoms with van der Waals surface area (Å²) < 4.78 is 5.19. The highest BCUT2D eigenvalue weighted by molar-refractivity contribution is 4.91. The summed E-state index contributed by atoms with van der Waals surface area (Å²) in [5, 5.41) is 4.03. The van der Waals surface area contributed by atoms with Crippen molar-refractivity contribution in [3.63, 3.8) is 0 Å². The first kappa shape index (κ1) is 12.5. The molecule has 1 aromatic rings. The molecule has 2 heterocycles. The lowest BCUT2D eigenvalue weighted by Gasteiger charge is -2.28. The Morgan fingerprint density at radius 3 is 2.82 bits per heavy atom. The molecule has 1 aliphatic heterocycles. The van der Waals surface area contributed by atoms with Crippen molar-refractivity contribution in [2.75, 3.05) is 20.1 Å². The fourth-order valence-corrected chi connectivity index (χ4v) is 2.26. The molecular weight excluding hydrogens is 216 g/mol. The molecule has 0 saturated carbocycles. The van der Waals surface area contributed by atoms with Crippen LogP contribution in [0.4, 0.5) is 0 Å². The number of hydrogen-bond acceptors (Lipinski definition) is 5. The molecule has 1 fully saturated rings. The highest BCUT2D eigenvalue weighted by Crippen LogP contribution is 2.19. The fourth-order valence-electron chi connectivity index (χ4n) is 2.26. The number of aromatic nitrogens is 2. The number of hydrogen-bond donors (Lipinski definition) is 1. The lowest BCUT2D eigenvalue weighted by atomic mass is 9.94. The predicted molar refractivity (Wildman–Crippen MR) is 65.6 cm³/mol. The summed E-state index contributed by atoms with van der Waals surface area (Å²) in [5.41, 5.74) is 5.70. The van der Waals surface area contributed by atoms with Crippen LogP contribution in [-0.4, -0.2) is 41.2 Å². The number of nitrogens with two attached hydrogens (primary N) is 1. The van der Waals surface area contributed by atoms with Crippen molar-refractivity contribution in [2.24, 2.45) is 11.7 Å². The number of likely N-dealkylation sites (tertiary alicyclic amines) is 1. The van der Waals surface area contributed by atoms with Crippen molar-refractivity contribution in [1.29, 1.82) is 0 Å². The lowest BCUT2D eigenvalue weighted by molar-refractivity contribution is 0.216. The molecule has 1 atom stereocenters. The number of piperidine rings is 1. The van der Waals surface area contributed by atoms with Gasteiger partial charge in [-0.1, -0.05) is 5.16 Å². The standard InChI is InChI=1S/C12H22N4O/c1-9(13)7-12-14-11(15-17-12)8-10-3-5-16(2)6-4-10/h9-10H,3-8,13H2,1-2H3. The van der Waals surface area contributed by atoms with Gasteiger partial charge in [0.15, 0.2) is 5.82 Å². The van der Waals surface area contributed by atoms with Crippen LogP contribution in [0, 0.1) is 5.92 Å². The van der Waals surface area contributed by atoms with Crippen LogP contribution in [0.3, 0.4) is 0 Å². The van der Waals surface area contributed by atoms with E-state index in [0.717, 1.165) is 12.2 Å². The molecule has 17 heavy (non-hydrogen) atoms. The van der Waals surface area contributed by atoms with E-state index in [-0.39, 0.29) is 6.04 Å². The second-order valence-electron chi connectivity index (χ2n) is 5.24. The van der Waals surface area contributed by atoms with Gasteiger partial charge in [0, 0.05) is 18.9 Å². The molecular formula is C12H22N4O. The normalized spacial score (nSPS) is 20.6. The van der Waals surface area contributed by atoms with Crippen molar-refractivity contribution in [3.8, 4) is 0 Å². The summed E-state index contributed by atoms with van der Waals surface area (Å²) in [6.07, 6.45) is 4.07. The Morgan fingerprint density at radius 2 is 2.18 bits per heavy atom. The third-order valence-corrected chi connectivity index (χ3v) is 3.32. The number of rotatable bonds is 4. The Hall–Kier alpha value is -0.940. The van der Waals surface area contributed by atoms with Gasteiger partial charge in [-0.2, -0.15) is 4.98 Å². The van der Waals surface area contributed by atoms with Gasteiger partial charge in [0.25, 0.3) is 0 Å². The molecule has 1 saturated heterocycles. The van der Waals surface area contributed by atoms with E-state index in [9.17, 15) is 0 Å². The maximum Gasteiger partial charge on any atom is 0.228 e. The molecule has 0 bridgehead atoms. The highest BCUT2D eigenvalue weighted by atomic mass is 16.5. The molecule has 1 aromatic heterocycles. The molecule has 0 aliphatic carbocycles. The molecule has 1 unspecified atom stereocenters. The fraction of sp³-hybridized carbons (Fsp3) is 0.833. The molecule has 5 heteroatoms. The summed E-state index contributed by atoms with van der Waals surface area (Å²) in [6, 6.07) is 0.0756. The van der Waals surface area contributed by atoms with Gasteiger partial charge < -0.3 is 15.2 Å². The summed E-state index contributed by atoms with van der Waals surface area (Å²) in [6.45, 7) is 4.30. The SMILES string of the molecule is CC(N)Cc1nc(CC2CCN(C)CC2)no1. The van der Waals surface area contributed by atoms with Crippen LogP contribution in [0.1, 0.15) is 31.5 Å². The van der Waals surface area contributed by atoms with Crippen LogP contribution >= 0.6 is 0 Å². The minimum Gasteiger partial charge on any atom is -0.339 e. The van der Waals surface area contributed by atoms with Crippen LogP contribution in [0.25, 0.3) is 0 Å². The zero-order chi connectivity index (χ0) is 12.3. The first-order valence-corrected chi connectivity index (χ1v) is 6.39. The zero-order valence-electron chi connectivity index (χ0n) is 10.7. The van der Waals surface area contributed by atoms with Gasteiger partial charge in [-0.15, -0.1) is 0 Å². The smallest absolute Gasteiger partial charge is 0.228 e. The maximum absolute atomic E-state index is 5.70. The molecule has 0 radical (unpaired) electrons. The first-order chi connectivity index (χ1) is 8.13. The van der Waals surface area contributed by atoms with Gasteiger partial charge in [-0.25, -0.2) is 0 Å². The second kappa shape index (κ2) is 5.60. The van der Waals surface area contributed by atoms with E-state index >= 15 is 0 Å². The quantitative estimate of drug-likeness (QED) is 0.842. The van der Waals surface area contributed by atoms with E-state index in [1.165, 1.54) is 25.9 Å². The van der Waals surface area contributed by atoms with Crippen LogP contribution in [-0.2, 0) is 12.8 Å². The Labute approximate surface area is 102 Å². The van der Waals surface area contributed by atoms with Gasteiger partial charge in [-0.3, -0.25) is 0 Å². The van der Waals surface area contributed by atoms with Crippen molar-refractivity contribution < 1.29 is 4.52 Å². The van der Waals surface area contributed by atoms with Gasteiger partial charge >= 0.3 is 0 Å². The molecule has 0 amide bonds. The molecule has 5 nitrogen and oxygen atoms in total. The van der Waals surface area contributed by atoms with Crippen LogP contribution in [0.15, 0.2) is 4.52 Å². The second-order valence-corrected chi connectivity index (χ2v) is 5.24. The third kappa shape index (κ3) is 3.78. The molecule has 2 rings (SSSR count). The number of nitrogens with zero attached hydrogens (tertiary/aromatic N) is 3. The molecule has 1 aliphatic rings. The highest BCUT2D eigenvalue weighted by Gasteiger charge is 2.19. The molecule has 0 aromatic carbocycles. The average Bonchev–Trinajstić information content (AvgIpc) is 2.68. The first-order valence-electron chi connectivity index (χ1n) is 6.39. The van der Waals surface area contributed by atoms with Crippen molar-refractivity contribution in [1.82, 2.24) is 15.0 Å². The Balaban J connectivity index is 1.84. The van der Waals surface area contributed by atoms with E-state index in [0.29, 0.717) is 18.2 Å². The van der Waals surface area contributed by atoms with Crippen molar-refractivity contribution >= 4 is 0 Å². The lowest BCUT2D eigenvalue weighted by Crippen LogP contribution is -2.31. The summed E-state index contributed by atoms with van der Waals surface area (Å²) >= 11 is 0. The molecule has 0 spiro atoms. The van der Waals surface area contributed by atoms with Gasteiger partial charge in [0.05, 0.1) is 0 Å². The minimum atomic E-state index is 0.0756. The summed E-state index contributed by atoms with van der Waals surface area (Å²) in [7, 11) is 2.17. The van der Waals surface area contributed by atoms with Gasteiger partial charge in [-0.05, 0) is 45.8 Å². The zero-order valence-corrected chi connectivity index (χ0v) is 10.7. The van der Waals surface area contributed by atoms with Crippen molar-refractivity contribution in [3.05, 3.63) is 11.7 Å². The van der Waals surface area contributed by atoms with Gasteiger partial charge in [0.1, 0.15) is 0 Å². The van der Waals surface area contributed by atoms with Crippen LogP contribution < -0.4 is 5.73 Å². The van der Waals surface area contributed by atoms with E-state index in [2.05, 4.69) is 22.1 Å². The van der Waals surface area contributed by atoms with Crippen LogP contribution in [0.2, 0.25) is 0 Å². The predicted octanol–water partition coefficient (Wildman–Crippen LogP) is 0.844. The van der Waals surface area contributed by atoms with Crippen LogP contribution in [0.5, 0.6) is 0 Å². The minimum absolute atomic E-state index is 0.0756. The van der Waals surface area contributed by atoms with E-state index in [1.54, 1.807) is 0 Å². The summed E-state index contributed by atoms with van der Waals surface area (Å²) in [4.78, 5) is 6.76. The Kier molecular flexibility index (Phi) is 4.12. The monoisotopic (exact) mass is 238 g/mol. The molecule has 2 N–H and O–H groups in total. The Bertz CT molecular complexity index is 342. The topological polar surface area (TPSA) is 68.2 Å². The Morgan fingerprint density at radius 1 is 1.47 bits per heavy atom. The third-order valence-electron chi connectivity index (χ3n) is 3.32. The van der Waals surface area contributed by atoms with E-state index in [4.69, 9.17) is 10.3 Å². The average molecular weight is 238 g/mol. The maximum atomic E-state index is 5.70. The van der Waals surface area contributed by atoms with Gasteiger partial charge in [0.2, 0.25) is 5.89 Å². The van der Waals surface area contributed by atoms with E-state index < -0.39 is 0 Å². The van der Waals surface area contributed by atoms with E-state index in [1.807, 2.05) is 6.92 Å². The molecule has 96 valence electrons. The summed E-state index contributed by atoms with van der Waals surface area (Å²) in [5.74, 6) is 2.21.